The first-order valence-electron chi connectivity index (χ1n) is 3.20. The van der Waals surface area contributed by atoms with E-state index in [9.17, 15) is 5.73 Å². The quantitative estimate of drug-likeness (QED) is 0.548. The van der Waals surface area contributed by atoms with Crippen LogP contribution in [0, 0.1) is 0 Å². The van der Waals surface area contributed by atoms with E-state index in [4.69, 9.17) is 0 Å². The minimum atomic E-state index is -0.527. The van der Waals surface area contributed by atoms with Gasteiger partial charge in [-0.05, 0) is 5.56 Å². The molecule has 1 aromatic carbocycles. The zero-order chi connectivity index (χ0) is 7.40. The number of nitrogens with zero attached hydrogens (tertiary/aromatic N) is 1. The van der Waals surface area contributed by atoms with Crippen LogP contribution in [0.25, 0.3) is 0 Å². The SMILES string of the molecule is C=CC([N])c1ccccc1. The first kappa shape index (κ1) is 7.03. The van der Waals surface area contributed by atoms with E-state index in [0.29, 0.717) is 0 Å². The van der Waals surface area contributed by atoms with E-state index < -0.39 is 6.04 Å². The Morgan fingerprint density at radius 2 is 1.90 bits per heavy atom. The highest BCUT2D eigenvalue weighted by atomic mass is 14.6. The van der Waals surface area contributed by atoms with Crippen molar-refractivity contribution in [2.75, 3.05) is 0 Å². The highest BCUT2D eigenvalue weighted by molar-refractivity contribution is 5.21. The maximum Gasteiger partial charge on any atom is 0.0861 e. The molecule has 0 saturated heterocycles. The minimum Gasteiger partial charge on any atom is -0.131 e. The molecule has 0 heterocycles. The molecule has 1 rings (SSSR count). The van der Waals surface area contributed by atoms with E-state index in [1.807, 2.05) is 30.3 Å². The molecule has 1 unspecified atom stereocenters. The molecule has 0 aliphatic carbocycles. The van der Waals surface area contributed by atoms with E-state index in [1.54, 1.807) is 0 Å². The predicted molar refractivity (Wildman–Crippen MR) is 41.5 cm³/mol. The normalized spacial score (nSPS) is 12.5. The first-order valence-corrected chi connectivity index (χ1v) is 3.20. The van der Waals surface area contributed by atoms with E-state index in [0.717, 1.165) is 5.56 Å². The monoisotopic (exact) mass is 131 g/mol. The molecule has 0 fully saturated rings. The zero-order valence-electron chi connectivity index (χ0n) is 5.70. The van der Waals surface area contributed by atoms with Gasteiger partial charge >= 0.3 is 0 Å². The van der Waals surface area contributed by atoms with Gasteiger partial charge in [-0.15, -0.1) is 12.3 Å². The Hall–Kier alpha value is -1.08. The summed E-state index contributed by atoms with van der Waals surface area (Å²) < 4.78 is 0. The Morgan fingerprint density at radius 3 is 2.40 bits per heavy atom. The van der Waals surface area contributed by atoms with Crippen molar-refractivity contribution in [3.8, 4) is 0 Å². The predicted octanol–water partition coefficient (Wildman–Crippen LogP) is 1.98. The molecule has 2 radical (unpaired) electrons. The van der Waals surface area contributed by atoms with Crippen LogP contribution in [0.4, 0.5) is 0 Å². The largest absolute Gasteiger partial charge is 0.131 e. The first-order chi connectivity index (χ1) is 4.84. The number of hydrogen-bond acceptors (Lipinski definition) is 0. The molecule has 1 atom stereocenters. The van der Waals surface area contributed by atoms with Crippen LogP contribution in [0.5, 0.6) is 0 Å². The summed E-state index contributed by atoms with van der Waals surface area (Å²) in [5.74, 6) is 0. The standard InChI is InChI=1S/C9H9N/c1-2-9(10)8-6-4-3-5-7-8/h2-7,9H,1H2. The average Bonchev–Trinajstić information content (AvgIpc) is 2.05. The van der Waals surface area contributed by atoms with Crippen LogP contribution in [-0.4, -0.2) is 0 Å². The van der Waals surface area contributed by atoms with Crippen molar-refractivity contribution >= 4 is 0 Å². The van der Waals surface area contributed by atoms with Gasteiger partial charge in [-0.3, -0.25) is 0 Å². The van der Waals surface area contributed by atoms with Crippen molar-refractivity contribution in [2.45, 2.75) is 6.04 Å². The van der Waals surface area contributed by atoms with E-state index in [-0.39, 0.29) is 0 Å². The van der Waals surface area contributed by atoms with Gasteiger partial charge in [0.2, 0.25) is 0 Å². The lowest BCUT2D eigenvalue weighted by Crippen LogP contribution is -1.92. The van der Waals surface area contributed by atoms with E-state index in [2.05, 4.69) is 6.58 Å². The van der Waals surface area contributed by atoms with Gasteiger partial charge in [0.1, 0.15) is 0 Å². The van der Waals surface area contributed by atoms with Crippen LogP contribution in [-0.2, 0) is 0 Å². The van der Waals surface area contributed by atoms with Crippen molar-refractivity contribution < 1.29 is 0 Å². The smallest absolute Gasteiger partial charge is 0.0861 e. The Morgan fingerprint density at radius 1 is 1.30 bits per heavy atom. The maximum atomic E-state index is 9.21. The lowest BCUT2D eigenvalue weighted by Gasteiger charge is -2.00. The lowest BCUT2D eigenvalue weighted by molar-refractivity contribution is 0.879. The molecule has 50 valence electrons. The molecule has 0 spiro atoms. The van der Waals surface area contributed by atoms with Crippen LogP contribution < -0.4 is 5.73 Å². The van der Waals surface area contributed by atoms with Gasteiger partial charge in [0, 0.05) is 0 Å². The van der Waals surface area contributed by atoms with Crippen molar-refractivity contribution in [3.05, 3.63) is 48.6 Å². The van der Waals surface area contributed by atoms with E-state index in [1.165, 1.54) is 6.08 Å². The minimum absolute atomic E-state index is 0.527. The Balaban J connectivity index is 2.84. The Bertz CT molecular complexity index is 203. The molecule has 0 aliphatic heterocycles. The fourth-order valence-corrected chi connectivity index (χ4v) is 0.786. The average molecular weight is 131 g/mol. The van der Waals surface area contributed by atoms with Crippen molar-refractivity contribution in [1.82, 2.24) is 5.73 Å². The Kier molecular flexibility index (Phi) is 2.24. The molecule has 1 heteroatoms. The molecule has 0 bridgehead atoms. The van der Waals surface area contributed by atoms with Gasteiger partial charge in [-0.2, -0.15) is 0 Å². The highest BCUT2D eigenvalue weighted by Gasteiger charge is 1.99. The molecule has 0 aliphatic rings. The summed E-state index contributed by atoms with van der Waals surface area (Å²) in [6.45, 7) is 3.49. The number of rotatable bonds is 2. The van der Waals surface area contributed by atoms with Crippen LogP contribution in [0.2, 0.25) is 0 Å². The molecule has 0 N–H and O–H groups in total. The molecule has 0 saturated carbocycles. The van der Waals surface area contributed by atoms with Gasteiger partial charge in [0.05, 0.1) is 6.04 Å². The van der Waals surface area contributed by atoms with Crippen molar-refractivity contribution in [3.63, 3.8) is 0 Å². The van der Waals surface area contributed by atoms with Crippen LogP contribution in [0.15, 0.2) is 43.0 Å². The van der Waals surface area contributed by atoms with Gasteiger partial charge < -0.3 is 0 Å². The second-order valence-corrected chi connectivity index (χ2v) is 2.09. The van der Waals surface area contributed by atoms with Gasteiger partial charge in [-0.1, -0.05) is 36.4 Å². The Labute approximate surface area is 61.2 Å². The fourth-order valence-electron chi connectivity index (χ4n) is 0.786. The van der Waals surface area contributed by atoms with Crippen LogP contribution in [0.1, 0.15) is 11.6 Å². The van der Waals surface area contributed by atoms with Crippen LogP contribution >= 0.6 is 0 Å². The molecule has 1 aromatic rings. The molecular formula is C9H9N. The van der Waals surface area contributed by atoms with E-state index >= 15 is 0 Å². The van der Waals surface area contributed by atoms with Gasteiger partial charge in [0.25, 0.3) is 0 Å². The summed E-state index contributed by atoms with van der Waals surface area (Å²) >= 11 is 0. The van der Waals surface area contributed by atoms with Gasteiger partial charge in [-0.25, -0.2) is 0 Å². The molecule has 0 aromatic heterocycles. The molecule has 0 amide bonds. The van der Waals surface area contributed by atoms with Crippen molar-refractivity contribution in [1.29, 1.82) is 0 Å². The highest BCUT2D eigenvalue weighted by Crippen LogP contribution is 2.10. The molecule has 1 nitrogen and oxygen atoms in total. The fraction of sp³-hybridized carbons (Fsp3) is 0.111. The summed E-state index contributed by atoms with van der Waals surface area (Å²) in [6.07, 6.45) is 1.51. The molecular weight excluding hydrogens is 122 g/mol. The third kappa shape index (κ3) is 1.45. The van der Waals surface area contributed by atoms with Crippen LogP contribution in [0.3, 0.4) is 0 Å². The second-order valence-electron chi connectivity index (χ2n) is 2.09. The molecule has 10 heavy (non-hydrogen) atoms. The summed E-state index contributed by atoms with van der Waals surface area (Å²) in [5.41, 5.74) is 10.1. The third-order valence-corrected chi connectivity index (χ3v) is 1.36. The van der Waals surface area contributed by atoms with Gasteiger partial charge in [0.15, 0.2) is 0 Å². The summed E-state index contributed by atoms with van der Waals surface area (Å²) in [4.78, 5) is 0. The third-order valence-electron chi connectivity index (χ3n) is 1.36. The second kappa shape index (κ2) is 3.18. The summed E-state index contributed by atoms with van der Waals surface area (Å²) in [6, 6.07) is 8.91. The zero-order valence-corrected chi connectivity index (χ0v) is 5.70. The number of benzene rings is 1. The summed E-state index contributed by atoms with van der Waals surface area (Å²) in [7, 11) is 0. The lowest BCUT2D eigenvalue weighted by atomic mass is 10.1. The van der Waals surface area contributed by atoms with Crippen molar-refractivity contribution in [2.24, 2.45) is 0 Å². The topological polar surface area (TPSA) is 22.3 Å². The maximum absolute atomic E-state index is 9.21. The summed E-state index contributed by atoms with van der Waals surface area (Å²) in [5, 5.41) is 0. The number of hydrogen-bond donors (Lipinski definition) is 0.